The number of benzene rings is 1. The summed E-state index contributed by atoms with van der Waals surface area (Å²) in [7, 11) is 1.74. The molecule has 1 rings (SSSR count). The van der Waals surface area contributed by atoms with E-state index in [4.69, 9.17) is 4.74 Å². The maximum absolute atomic E-state index is 5.35. The average Bonchev–Trinajstić information content (AvgIpc) is 2.29. The van der Waals surface area contributed by atoms with Crippen LogP contribution in [0.25, 0.3) is 0 Å². The van der Waals surface area contributed by atoms with Crippen molar-refractivity contribution in [3.63, 3.8) is 0 Å². The molecule has 0 aromatic heterocycles. The Balaban J connectivity index is 2.81. The number of methoxy groups -OCH3 is 1. The van der Waals surface area contributed by atoms with Crippen LogP contribution < -0.4 is 4.74 Å². The molecular formula is C14H20O. The summed E-state index contributed by atoms with van der Waals surface area (Å²) in [6.07, 6.45) is 7.51. The molecule has 0 amide bonds. The topological polar surface area (TPSA) is 9.23 Å². The van der Waals surface area contributed by atoms with Gasteiger partial charge in [0, 0.05) is 0 Å². The first-order valence-corrected chi connectivity index (χ1v) is 5.58. The summed E-state index contributed by atoms with van der Waals surface area (Å²) in [5.41, 5.74) is 2.70. The molecule has 0 unspecified atom stereocenters. The second-order valence-electron chi connectivity index (χ2n) is 3.61. The highest BCUT2D eigenvalue weighted by Crippen LogP contribution is 2.21. The highest BCUT2D eigenvalue weighted by atomic mass is 16.5. The number of hydrogen-bond donors (Lipinski definition) is 0. The second-order valence-corrected chi connectivity index (χ2v) is 3.61. The van der Waals surface area contributed by atoms with Crippen LogP contribution in [0.2, 0.25) is 0 Å². The largest absolute Gasteiger partial charge is 0.496 e. The number of aryl methyl sites for hydroxylation is 2. The lowest BCUT2D eigenvalue weighted by atomic mass is 10.0. The van der Waals surface area contributed by atoms with Crippen LogP contribution in [0.5, 0.6) is 5.75 Å². The predicted molar refractivity (Wildman–Crippen MR) is 65.5 cm³/mol. The quantitative estimate of drug-likeness (QED) is 0.663. The van der Waals surface area contributed by atoms with E-state index in [0.29, 0.717) is 0 Å². The first-order valence-electron chi connectivity index (χ1n) is 5.58. The van der Waals surface area contributed by atoms with Gasteiger partial charge in [-0.25, -0.2) is 0 Å². The van der Waals surface area contributed by atoms with Crippen LogP contribution in [0, 0.1) is 0 Å². The molecule has 0 radical (unpaired) electrons. The zero-order valence-electron chi connectivity index (χ0n) is 9.92. The van der Waals surface area contributed by atoms with E-state index in [1.807, 2.05) is 0 Å². The fraction of sp³-hybridized carbons (Fsp3) is 0.429. The number of hydrogen-bond acceptors (Lipinski definition) is 1. The van der Waals surface area contributed by atoms with Crippen molar-refractivity contribution in [2.75, 3.05) is 7.11 Å². The Morgan fingerprint density at radius 1 is 1.33 bits per heavy atom. The molecule has 0 heterocycles. The monoisotopic (exact) mass is 204 g/mol. The van der Waals surface area contributed by atoms with Crippen molar-refractivity contribution >= 4 is 0 Å². The molecule has 1 aromatic rings. The van der Waals surface area contributed by atoms with Gasteiger partial charge in [0.15, 0.2) is 0 Å². The Kier molecular flexibility index (Phi) is 4.96. The van der Waals surface area contributed by atoms with Gasteiger partial charge < -0.3 is 4.74 Å². The molecular weight excluding hydrogens is 184 g/mol. The van der Waals surface area contributed by atoms with Gasteiger partial charge in [0.2, 0.25) is 0 Å². The van der Waals surface area contributed by atoms with Crippen molar-refractivity contribution in [2.24, 2.45) is 0 Å². The van der Waals surface area contributed by atoms with Gasteiger partial charge in [-0.2, -0.15) is 0 Å². The van der Waals surface area contributed by atoms with Crippen molar-refractivity contribution in [1.82, 2.24) is 0 Å². The van der Waals surface area contributed by atoms with E-state index in [0.717, 1.165) is 25.0 Å². The summed E-state index contributed by atoms with van der Waals surface area (Å²) in [5.74, 6) is 1.01. The Hall–Kier alpha value is -1.24. The Labute approximate surface area is 92.8 Å². The zero-order valence-corrected chi connectivity index (χ0v) is 9.92. The van der Waals surface area contributed by atoms with Gasteiger partial charge in [0.05, 0.1) is 7.11 Å². The Bertz CT molecular complexity index is 326. The van der Waals surface area contributed by atoms with Crippen molar-refractivity contribution in [3.8, 4) is 5.75 Å². The first-order chi connectivity index (χ1) is 7.31. The normalized spacial score (nSPS) is 10.9. The number of allylic oxidation sites excluding steroid dienone is 2. The van der Waals surface area contributed by atoms with Gasteiger partial charge in [0.1, 0.15) is 5.75 Å². The lowest BCUT2D eigenvalue weighted by molar-refractivity contribution is 0.409. The SMILES string of the molecule is C/C=C\CCc1cc(CC)ccc1OC. The fourth-order valence-corrected chi connectivity index (χ4v) is 1.65. The number of rotatable bonds is 5. The summed E-state index contributed by atoms with van der Waals surface area (Å²) in [5, 5.41) is 0. The molecule has 82 valence electrons. The van der Waals surface area contributed by atoms with Gasteiger partial charge in [-0.15, -0.1) is 0 Å². The summed E-state index contributed by atoms with van der Waals surface area (Å²) in [6, 6.07) is 6.46. The van der Waals surface area contributed by atoms with E-state index >= 15 is 0 Å². The van der Waals surface area contributed by atoms with E-state index in [-0.39, 0.29) is 0 Å². The van der Waals surface area contributed by atoms with Crippen LogP contribution in [0.3, 0.4) is 0 Å². The van der Waals surface area contributed by atoms with Crippen molar-refractivity contribution in [3.05, 3.63) is 41.5 Å². The van der Waals surface area contributed by atoms with Gasteiger partial charge in [0.25, 0.3) is 0 Å². The third kappa shape index (κ3) is 3.43. The van der Waals surface area contributed by atoms with Crippen LogP contribution >= 0.6 is 0 Å². The standard InChI is InChI=1S/C14H20O/c1-4-6-7-8-13-11-12(5-2)9-10-14(13)15-3/h4,6,9-11H,5,7-8H2,1-3H3/b6-4-. The van der Waals surface area contributed by atoms with Crippen molar-refractivity contribution in [1.29, 1.82) is 0 Å². The van der Waals surface area contributed by atoms with Crippen LogP contribution in [-0.2, 0) is 12.8 Å². The highest BCUT2D eigenvalue weighted by molar-refractivity contribution is 5.37. The van der Waals surface area contributed by atoms with Crippen molar-refractivity contribution < 1.29 is 4.74 Å². The third-order valence-corrected chi connectivity index (χ3v) is 2.57. The van der Waals surface area contributed by atoms with Gasteiger partial charge in [-0.3, -0.25) is 0 Å². The smallest absolute Gasteiger partial charge is 0.122 e. The third-order valence-electron chi connectivity index (χ3n) is 2.57. The van der Waals surface area contributed by atoms with Crippen LogP contribution in [0.1, 0.15) is 31.4 Å². The van der Waals surface area contributed by atoms with E-state index in [1.165, 1.54) is 11.1 Å². The minimum absolute atomic E-state index is 1.01. The summed E-state index contributed by atoms with van der Waals surface area (Å²) in [6.45, 7) is 4.23. The lowest BCUT2D eigenvalue weighted by Gasteiger charge is -2.09. The average molecular weight is 204 g/mol. The first kappa shape index (κ1) is 11.8. The minimum atomic E-state index is 1.01. The zero-order chi connectivity index (χ0) is 11.1. The summed E-state index contributed by atoms with van der Waals surface area (Å²) in [4.78, 5) is 0. The predicted octanol–water partition coefficient (Wildman–Crippen LogP) is 3.77. The number of ether oxygens (including phenoxy) is 1. The molecule has 0 N–H and O–H groups in total. The molecule has 1 aromatic carbocycles. The van der Waals surface area contributed by atoms with Gasteiger partial charge >= 0.3 is 0 Å². The van der Waals surface area contributed by atoms with Crippen LogP contribution in [0.4, 0.5) is 0 Å². The van der Waals surface area contributed by atoms with E-state index < -0.39 is 0 Å². The fourth-order valence-electron chi connectivity index (χ4n) is 1.65. The molecule has 15 heavy (non-hydrogen) atoms. The van der Waals surface area contributed by atoms with E-state index in [1.54, 1.807) is 7.11 Å². The molecule has 1 heteroatoms. The lowest BCUT2D eigenvalue weighted by Crippen LogP contribution is -1.93. The van der Waals surface area contributed by atoms with E-state index in [2.05, 4.69) is 44.2 Å². The van der Waals surface area contributed by atoms with E-state index in [9.17, 15) is 0 Å². The van der Waals surface area contributed by atoms with Crippen LogP contribution in [0.15, 0.2) is 30.4 Å². The second kappa shape index (κ2) is 6.28. The molecule has 1 nitrogen and oxygen atoms in total. The van der Waals surface area contributed by atoms with Gasteiger partial charge in [-0.05, 0) is 43.4 Å². The molecule has 0 aliphatic heterocycles. The molecule has 0 fully saturated rings. The van der Waals surface area contributed by atoms with Crippen LogP contribution in [-0.4, -0.2) is 7.11 Å². The Morgan fingerprint density at radius 3 is 2.73 bits per heavy atom. The summed E-state index contributed by atoms with van der Waals surface area (Å²) < 4.78 is 5.35. The highest BCUT2D eigenvalue weighted by Gasteiger charge is 2.02. The molecule has 0 saturated heterocycles. The van der Waals surface area contributed by atoms with Gasteiger partial charge in [-0.1, -0.05) is 31.2 Å². The molecule has 0 aliphatic rings. The van der Waals surface area contributed by atoms with Crippen molar-refractivity contribution in [2.45, 2.75) is 33.1 Å². The molecule has 0 saturated carbocycles. The molecule has 0 bridgehead atoms. The minimum Gasteiger partial charge on any atom is -0.496 e. The Morgan fingerprint density at radius 2 is 2.13 bits per heavy atom. The molecule has 0 spiro atoms. The molecule has 0 atom stereocenters. The summed E-state index contributed by atoms with van der Waals surface area (Å²) >= 11 is 0. The molecule has 0 aliphatic carbocycles. The maximum atomic E-state index is 5.35. The maximum Gasteiger partial charge on any atom is 0.122 e.